The van der Waals surface area contributed by atoms with Crippen molar-refractivity contribution in [3.05, 3.63) is 47.9 Å². The molecular formula is C12H11N3O2. The first-order chi connectivity index (χ1) is 8.16. The second-order valence-corrected chi connectivity index (χ2v) is 3.49. The molecule has 0 unspecified atom stereocenters. The largest absolute Gasteiger partial charge is 0.478 e. The van der Waals surface area contributed by atoms with Gasteiger partial charge in [0, 0.05) is 24.0 Å². The van der Waals surface area contributed by atoms with Crippen molar-refractivity contribution in [1.82, 2.24) is 14.8 Å². The van der Waals surface area contributed by atoms with Crippen molar-refractivity contribution >= 4 is 12.0 Å². The molecular weight excluding hydrogens is 218 g/mol. The van der Waals surface area contributed by atoms with Gasteiger partial charge >= 0.3 is 5.97 Å². The van der Waals surface area contributed by atoms with Crippen LogP contribution < -0.4 is 0 Å². The number of carboxylic acid groups (broad SMARTS) is 1. The quantitative estimate of drug-likeness (QED) is 0.813. The zero-order valence-corrected chi connectivity index (χ0v) is 9.24. The molecule has 0 amide bonds. The molecule has 0 aromatic carbocycles. The molecule has 0 aliphatic heterocycles. The Hall–Kier alpha value is -2.43. The Morgan fingerprint density at radius 3 is 2.94 bits per heavy atom. The molecule has 86 valence electrons. The van der Waals surface area contributed by atoms with E-state index in [0.29, 0.717) is 11.4 Å². The molecule has 0 radical (unpaired) electrons. The molecule has 0 aliphatic rings. The lowest BCUT2D eigenvalue weighted by Crippen LogP contribution is -2.01. The number of aromatic nitrogens is 3. The minimum absolute atomic E-state index is 0.609. The van der Waals surface area contributed by atoms with Gasteiger partial charge in [-0.15, -0.1) is 0 Å². The Kier molecular flexibility index (Phi) is 3.00. The summed E-state index contributed by atoms with van der Waals surface area (Å²) in [6.45, 7) is 1.88. The van der Waals surface area contributed by atoms with Crippen molar-refractivity contribution < 1.29 is 9.90 Å². The third-order valence-electron chi connectivity index (χ3n) is 2.16. The third-order valence-corrected chi connectivity index (χ3v) is 2.16. The van der Waals surface area contributed by atoms with Crippen molar-refractivity contribution in [2.45, 2.75) is 6.92 Å². The third kappa shape index (κ3) is 2.57. The summed E-state index contributed by atoms with van der Waals surface area (Å²) >= 11 is 0. The average molecular weight is 229 g/mol. The number of hydrogen-bond donors (Lipinski definition) is 1. The van der Waals surface area contributed by atoms with E-state index in [1.54, 1.807) is 29.2 Å². The number of aryl methyl sites for hydroxylation is 1. The molecule has 17 heavy (non-hydrogen) atoms. The molecule has 2 heterocycles. The monoisotopic (exact) mass is 229 g/mol. The molecule has 0 fully saturated rings. The molecule has 2 aromatic rings. The van der Waals surface area contributed by atoms with Crippen LogP contribution in [0.4, 0.5) is 0 Å². The topological polar surface area (TPSA) is 68.0 Å². The summed E-state index contributed by atoms with van der Waals surface area (Å²) in [5, 5.41) is 12.9. The molecule has 0 spiro atoms. The van der Waals surface area contributed by atoms with Gasteiger partial charge in [0.15, 0.2) is 5.82 Å². The molecule has 2 rings (SSSR count). The van der Waals surface area contributed by atoms with Gasteiger partial charge in [-0.25, -0.2) is 14.5 Å². The van der Waals surface area contributed by atoms with E-state index in [-0.39, 0.29) is 0 Å². The van der Waals surface area contributed by atoms with Gasteiger partial charge in [-0.1, -0.05) is 0 Å². The van der Waals surface area contributed by atoms with Gasteiger partial charge in [-0.05, 0) is 31.2 Å². The highest BCUT2D eigenvalue weighted by Gasteiger charge is 2.04. The fourth-order valence-corrected chi connectivity index (χ4v) is 1.43. The Balaban J connectivity index is 2.44. The summed E-state index contributed by atoms with van der Waals surface area (Å²) in [6, 6.07) is 5.40. The van der Waals surface area contributed by atoms with E-state index in [4.69, 9.17) is 5.11 Å². The van der Waals surface area contributed by atoms with E-state index >= 15 is 0 Å². The highest BCUT2D eigenvalue weighted by molar-refractivity contribution is 5.85. The summed E-state index contributed by atoms with van der Waals surface area (Å²) in [7, 11) is 0. The van der Waals surface area contributed by atoms with E-state index in [2.05, 4.69) is 10.1 Å². The number of hydrogen-bond acceptors (Lipinski definition) is 3. The lowest BCUT2D eigenvalue weighted by Gasteiger charge is -2.03. The number of aliphatic carboxylic acids is 1. The van der Waals surface area contributed by atoms with Crippen LogP contribution in [0.25, 0.3) is 11.9 Å². The fourth-order valence-electron chi connectivity index (χ4n) is 1.43. The highest BCUT2D eigenvalue weighted by Crippen LogP contribution is 2.12. The average Bonchev–Trinajstić information content (AvgIpc) is 2.73. The number of nitrogens with zero attached hydrogens (tertiary/aromatic N) is 3. The first kappa shape index (κ1) is 11.1. The van der Waals surface area contributed by atoms with Gasteiger partial charge in [0.05, 0.1) is 5.69 Å². The lowest BCUT2D eigenvalue weighted by atomic mass is 10.2. The van der Waals surface area contributed by atoms with E-state index in [9.17, 15) is 4.79 Å². The summed E-state index contributed by atoms with van der Waals surface area (Å²) in [5.74, 6) is -0.380. The first-order valence-corrected chi connectivity index (χ1v) is 5.05. The minimum atomic E-state index is -0.989. The summed E-state index contributed by atoms with van der Waals surface area (Å²) < 4.78 is 1.62. The van der Waals surface area contributed by atoms with Gasteiger partial charge < -0.3 is 5.11 Å². The number of rotatable bonds is 3. The van der Waals surface area contributed by atoms with Crippen molar-refractivity contribution in [3.63, 3.8) is 0 Å². The van der Waals surface area contributed by atoms with Gasteiger partial charge in [-0.2, -0.15) is 5.10 Å². The van der Waals surface area contributed by atoms with Crippen molar-refractivity contribution in [3.8, 4) is 5.82 Å². The molecule has 1 N–H and O–H groups in total. The number of carboxylic acids is 1. The summed E-state index contributed by atoms with van der Waals surface area (Å²) in [6.07, 6.45) is 6.01. The van der Waals surface area contributed by atoms with Crippen molar-refractivity contribution in [1.29, 1.82) is 0 Å². The van der Waals surface area contributed by atoms with Crippen molar-refractivity contribution in [2.24, 2.45) is 0 Å². The van der Waals surface area contributed by atoms with Crippen LogP contribution in [0.5, 0.6) is 0 Å². The zero-order chi connectivity index (χ0) is 12.3. The van der Waals surface area contributed by atoms with Gasteiger partial charge in [-0.3, -0.25) is 0 Å². The molecule has 0 aliphatic carbocycles. The zero-order valence-electron chi connectivity index (χ0n) is 9.24. The standard InChI is InChI=1S/C12H11N3O2/c1-9-6-8-15(14-9)12-10(3-2-7-13-12)4-5-11(16)17/h2-8H,1H3,(H,16,17)/b5-4+. The maximum Gasteiger partial charge on any atom is 0.328 e. The lowest BCUT2D eigenvalue weighted by molar-refractivity contribution is -0.131. The second-order valence-electron chi connectivity index (χ2n) is 3.49. The van der Waals surface area contributed by atoms with Crippen LogP contribution in [0.3, 0.4) is 0 Å². The highest BCUT2D eigenvalue weighted by atomic mass is 16.4. The fraction of sp³-hybridized carbons (Fsp3) is 0.0833. The summed E-state index contributed by atoms with van der Waals surface area (Å²) in [4.78, 5) is 14.7. The Labute approximate surface area is 98.0 Å². The predicted molar refractivity (Wildman–Crippen MR) is 62.8 cm³/mol. The maximum absolute atomic E-state index is 10.5. The Bertz CT molecular complexity index is 573. The molecule has 5 heteroatoms. The predicted octanol–water partition coefficient (Wildman–Crippen LogP) is 1.67. The number of pyridine rings is 1. The van der Waals surface area contributed by atoms with Crippen LogP contribution >= 0.6 is 0 Å². The Morgan fingerprint density at radius 2 is 2.29 bits per heavy atom. The van der Waals surface area contributed by atoms with E-state index in [1.165, 1.54) is 6.08 Å². The van der Waals surface area contributed by atoms with Crippen LogP contribution in [-0.4, -0.2) is 25.8 Å². The molecule has 0 saturated carbocycles. The number of carbonyl (C=O) groups is 1. The second kappa shape index (κ2) is 4.61. The summed E-state index contributed by atoms with van der Waals surface area (Å²) in [5.41, 5.74) is 1.59. The van der Waals surface area contributed by atoms with E-state index in [1.807, 2.05) is 13.0 Å². The molecule has 0 bridgehead atoms. The first-order valence-electron chi connectivity index (χ1n) is 5.05. The van der Waals surface area contributed by atoms with Crippen LogP contribution in [-0.2, 0) is 4.79 Å². The van der Waals surface area contributed by atoms with E-state index in [0.717, 1.165) is 11.8 Å². The van der Waals surface area contributed by atoms with Crippen LogP contribution in [0.1, 0.15) is 11.3 Å². The smallest absolute Gasteiger partial charge is 0.328 e. The van der Waals surface area contributed by atoms with Gasteiger partial charge in [0.2, 0.25) is 0 Å². The Morgan fingerprint density at radius 1 is 1.47 bits per heavy atom. The maximum atomic E-state index is 10.5. The van der Waals surface area contributed by atoms with Crippen molar-refractivity contribution in [2.75, 3.05) is 0 Å². The normalized spacial score (nSPS) is 10.9. The minimum Gasteiger partial charge on any atom is -0.478 e. The molecule has 2 aromatic heterocycles. The van der Waals surface area contributed by atoms with E-state index < -0.39 is 5.97 Å². The van der Waals surface area contributed by atoms with Gasteiger partial charge in [0.1, 0.15) is 0 Å². The van der Waals surface area contributed by atoms with Crippen LogP contribution in [0, 0.1) is 6.92 Å². The SMILES string of the molecule is Cc1ccn(-c2ncccc2/C=C/C(=O)O)n1. The van der Waals surface area contributed by atoms with Crippen LogP contribution in [0.15, 0.2) is 36.7 Å². The van der Waals surface area contributed by atoms with Crippen LogP contribution in [0.2, 0.25) is 0 Å². The van der Waals surface area contributed by atoms with Gasteiger partial charge in [0.25, 0.3) is 0 Å². The molecule has 5 nitrogen and oxygen atoms in total. The molecule has 0 atom stereocenters. The molecule has 0 saturated heterocycles.